The summed E-state index contributed by atoms with van der Waals surface area (Å²) in [4.78, 5) is 20.7. The third-order valence-corrected chi connectivity index (χ3v) is 5.98. The van der Waals surface area contributed by atoms with Crippen molar-refractivity contribution in [3.63, 3.8) is 0 Å². The molecule has 1 saturated carbocycles. The number of aromatic nitrogens is 3. The summed E-state index contributed by atoms with van der Waals surface area (Å²) in [7, 11) is 0. The van der Waals surface area contributed by atoms with E-state index in [1.165, 1.54) is 4.57 Å². The number of ketones is 1. The SMILES string of the molecule is Cc1ccc(-c2c(C(=O)C3CCCCC3)c(O)c(O)n2-c2ccc3nc[nH]c3c2)o1. The Balaban J connectivity index is 1.74. The fraction of sp³-hybridized carbons (Fsp3) is 0.304. The molecule has 1 aromatic carbocycles. The van der Waals surface area contributed by atoms with Crippen LogP contribution in [0.1, 0.15) is 48.2 Å². The van der Waals surface area contributed by atoms with E-state index in [1.807, 2.05) is 19.1 Å². The molecule has 1 fully saturated rings. The normalized spacial score (nSPS) is 15.1. The predicted octanol–water partition coefficient (Wildman–Crippen LogP) is 5.10. The number of aryl methyl sites for hydroxylation is 1. The molecular formula is C23H23N3O4. The number of imidazole rings is 1. The van der Waals surface area contributed by atoms with Crippen molar-refractivity contribution in [3.05, 3.63) is 48.0 Å². The number of aromatic amines is 1. The summed E-state index contributed by atoms with van der Waals surface area (Å²) < 4.78 is 7.31. The maximum atomic E-state index is 13.4. The zero-order chi connectivity index (χ0) is 20.8. The number of carbonyl (C=O) groups excluding carboxylic acids is 1. The molecule has 0 spiro atoms. The number of benzene rings is 1. The van der Waals surface area contributed by atoms with Gasteiger partial charge in [-0.2, -0.15) is 0 Å². The van der Waals surface area contributed by atoms with E-state index in [4.69, 9.17) is 4.42 Å². The largest absolute Gasteiger partial charge is 0.503 e. The van der Waals surface area contributed by atoms with Crippen molar-refractivity contribution >= 4 is 16.8 Å². The van der Waals surface area contributed by atoms with Crippen molar-refractivity contribution < 1.29 is 19.4 Å². The Kier molecular flexibility index (Phi) is 4.38. The van der Waals surface area contributed by atoms with Crippen LogP contribution in [0.5, 0.6) is 11.6 Å². The Morgan fingerprint density at radius 2 is 1.97 bits per heavy atom. The summed E-state index contributed by atoms with van der Waals surface area (Å²) in [6, 6.07) is 8.98. The second kappa shape index (κ2) is 7.09. The lowest BCUT2D eigenvalue weighted by Gasteiger charge is -2.20. The van der Waals surface area contributed by atoms with Crippen LogP contribution in [0, 0.1) is 12.8 Å². The molecule has 0 radical (unpaired) electrons. The molecule has 7 nitrogen and oxygen atoms in total. The van der Waals surface area contributed by atoms with Crippen molar-refractivity contribution in [1.29, 1.82) is 0 Å². The number of H-pyrrole nitrogens is 1. The monoisotopic (exact) mass is 405 g/mol. The highest BCUT2D eigenvalue weighted by Gasteiger charge is 2.34. The molecule has 30 heavy (non-hydrogen) atoms. The van der Waals surface area contributed by atoms with Gasteiger partial charge in [0.05, 0.1) is 28.6 Å². The number of Topliss-reactive ketones (excluding diaryl/α,β-unsaturated/α-hetero) is 1. The van der Waals surface area contributed by atoms with Crippen LogP contribution < -0.4 is 0 Å². The highest BCUT2D eigenvalue weighted by atomic mass is 16.3. The Labute approximate surface area is 173 Å². The molecule has 0 unspecified atom stereocenters. The molecule has 0 atom stereocenters. The van der Waals surface area contributed by atoms with Crippen molar-refractivity contribution in [2.75, 3.05) is 0 Å². The van der Waals surface area contributed by atoms with E-state index >= 15 is 0 Å². The first kappa shape index (κ1) is 18.5. The topological polar surface area (TPSA) is 104 Å². The zero-order valence-electron chi connectivity index (χ0n) is 16.7. The van der Waals surface area contributed by atoms with Crippen molar-refractivity contribution in [3.8, 4) is 28.8 Å². The number of aromatic hydroxyl groups is 2. The summed E-state index contributed by atoms with van der Waals surface area (Å²) in [5.74, 6) is 0.0120. The summed E-state index contributed by atoms with van der Waals surface area (Å²) in [5, 5.41) is 21.7. The Morgan fingerprint density at radius 1 is 1.17 bits per heavy atom. The van der Waals surface area contributed by atoms with Crippen molar-refractivity contribution in [1.82, 2.24) is 14.5 Å². The number of nitrogens with zero attached hydrogens (tertiary/aromatic N) is 2. The lowest BCUT2D eigenvalue weighted by Crippen LogP contribution is -2.18. The van der Waals surface area contributed by atoms with Gasteiger partial charge >= 0.3 is 0 Å². The number of rotatable bonds is 4. The average molecular weight is 405 g/mol. The number of hydrogen-bond acceptors (Lipinski definition) is 5. The van der Waals surface area contributed by atoms with E-state index < -0.39 is 5.75 Å². The van der Waals surface area contributed by atoms with Crippen LogP contribution in [-0.4, -0.2) is 30.5 Å². The fourth-order valence-corrected chi connectivity index (χ4v) is 4.46. The summed E-state index contributed by atoms with van der Waals surface area (Å²) in [5.41, 5.74) is 2.64. The van der Waals surface area contributed by atoms with Crippen LogP contribution in [0.3, 0.4) is 0 Å². The molecular weight excluding hydrogens is 382 g/mol. The van der Waals surface area contributed by atoms with Gasteiger partial charge in [-0.3, -0.25) is 9.36 Å². The third kappa shape index (κ3) is 2.89. The maximum Gasteiger partial charge on any atom is 0.240 e. The van der Waals surface area contributed by atoms with Gasteiger partial charge in [-0.05, 0) is 50.1 Å². The van der Waals surface area contributed by atoms with Crippen LogP contribution in [0.4, 0.5) is 0 Å². The van der Waals surface area contributed by atoms with Crippen LogP contribution in [0.15, 0.2) is 41.1 Å². The Bertz CT molecular complexity index is 1240. The second-order valence-corrected chi connectivity index (χ2v) is 7.94. The lowest BCUT2D eigenvalue weighted by molar-refractivity contribution is 0.0887. The van der Waals surface area contributed by atoms with Crippen molar-refractivity contribution in [2.45, 2.75) is 39.0 Å². The van der Waals surface area contributed by atoms with Gasteiger partial charge in [0.2, 0.25) is 5.88 Å². The highest BCUT2D eigenvalue weighted by molar-refractivity contribution is 6.06. The quantitative estimate of drug-likeness (QED) is 0.410. The van der Waals surface area contributed by atoms with Crippen molar-refractivity contribution in [2.24, 2.45) is 5.92 Å². The minimum absolute atomic E-state index is 0.124. The molecule has 1 aliphatic carbocycles. The van der Waals surface area contributed by atoms with Crippen LogP contribution >= 0.6 is 0 Å². The van der Waals surface area contributed by atoms with E-state index in [2.05, 4.69) is 9.97 Å². The number of furan rings is 1. The molecule has 3 aromatic heterocycles. The molecule has 0 amide bonds. The van der Waals surface area contributed by atoms with E-state index in [9.17, 15) is 15.0 Å². The van der Waals surface area contributed by atoms with Gasteiger partial charge in [0.25, 0.3) is 0 Å². The van der Waals surface area contributed by atoms with Crippen LogP contribution in [0.2, 0.25) is 0 Å². The molecule has 0 saturated heterocycles. The smallest absolute Gasteiger partial charge is 0.240 e. The predicted molar refractivity (Wildman–Crippen MR) is 112 cm³/mol. The molecule has 7 heteroatoms. The van der Waals surface area contributed by atoms with E-state index in [0.717, 1.165) is 43.1 Å². The number of nitrogens with one attached hydrogen (secondary N) is 1. The van der Waals surface area contributed by atoms with Gasteiger partial charge in [0.15, 0.2) is 17.3 Å². The standard InChI is InChI=1S/C23H23N3O4/c1-13-7-10-18(30-13)20-19(21(27)14-5-3-2-4-6-14)22(28)23(29)26(20)15-8-9-16-17(11-15)25-12-24-16/h7-12,14,28-29H,2-6H2,1H3,(H,24,25). The Hall–Kier alpha value is -3.48. The zero-order valence-corrected chi connectivity index (χ0v) is 16.7. The first-order valence-corrected chi connectivity index (χ1v) is 10.3. The third-order valence-electron chi connectivity index (χ3n) is 5.98. The average Bonchev–Trinajstić information content (AvgIpc) is 3.46. The van der Waals surface area contributed by atoms with Gasteiger partial charge in [-0.15, -0.1) is 0 Å². The van der Waals surface area contributed by atoms with E-state index in [-0.39, 0.29) is 23.1 Å². The van der Waals surface area contributed by atoms with Crippen LogP contribution in [0.25, 0.3) is 28.2 Å². The molecule has 0 aliphatic heterocycles. The highest BCUT2D eigenvalue weighted by Crippen LogP contribution is 2.45. The Morgan fingerprint density at radius 3 is 2.70 bits per heavy atom. The maximum absolute atomic E-state index is 13.4. The first-order valence-electron chi connectivity index (χ1n) is 10.3. The van der Waals surface area contributed by atoms with E-state index in [1.54, 1.807) is 24.5 Å². The second-order valence-electron chi connectivity index (χ2n) is 7.94. The molecule has 3 N–H and O–H groups in total. The van der Waals surface area contributed by atoms with Gasteiger partial charge in [0.1, 0.15) is 11.5 Å². The number of fused-ring (bicyclic) bond motifs is 1. The fourth-order valence-electron chi connectivity index (χ4n) is 4.46. The van der Waals surface area contributed by atoms with E-state index in [0.29, 0.717) is 22.9 Å². The lowest BCUT2D eigenvalue weighted by atomic mass is 9.83. The molecule has 5 rings (SSSR count). The van der Waals surface area contributed by atoms with Gasteiger partial charge < -0.3 is 19.6 Å². The van der Waals surface area contributed by atoms with Gasteiger partial charge in [-0.1, -0.05) is 19.3 Å². The minimum Gasteiger partial charge on any atom is -0.503 e. The van der Waals surface area contributed by atoms with Gasteiger partial charge in [-0.25, -0.2) is 4.98 Å². The first-order chi connectivity index (χ1) is 14.5. The minimum atomic E-state index is -0.403. The summed E-state index contributed by atoms with van der Waals surface area (Å²) in [6.07, 6.45) is 6.29. The van der Waals surface area contributed by atoms with Crippen LogP contribution in [-0.2, 0) is 0 Å². The molecule has 154 valence electrons. The number of carbonyl (C=O) groups is 1. The molecule has 0 bridgehead atoms. The summed E-state index contributed by atoms with van der Waals surface area (Å²) >= 11 is 0. The number of hydrogen-bond donors (Lipinski definition) is 3. The molecule has 4 aromatic rings. The molecule has 1 aliphatic rings. The van der Waals surface area contributed by atoms with Gasteiger partial charge in [0, 0.05) is 5.92 Å². The summed E-state index contributed by atoms with van der Waals surface area (Å²) in [6.45, 7) is 1.82. The molecule has 3 heterocycles.